The maximum atomic E-state index is 11.3. The number of nitrogens with zero attached hydrogens (tertiary/aromatic N) is 1. The fourth-order valence-corrected chi connectivity index (χ4v) is 1.53. The highest BCUT2D eigenvalue weighted by Crippen LogP contribution is 2.40. The Labute approximate surface area is 89.2 Å². The zero-order valence-corrected chi connectivity index (χ0v) is 8.14. The molecule has 16 heavy (non-hydrogen) atoms. The molecule has 0 radical (unpaired) electrons. The number of ether oxygens (including phenoxy) is 1. The Morgan fingerprint density at radius 1 is 1.38 bits per heavy atom. The number of rotatable bonds is 2. The predicted octanol–water partition coefficient (Wildman–Crippen LogP) is 0.738. The van der Waals surface area contributed by atoms with E-state index in [2.05, 4.69) is 5.32 Å². The van der Waals surface area contributed by atoms with Crippen LogP contribution in [0.25, 0.3) is 0 Å². The van der Waals surface area contributed by atoms with Gasteiger partial charge in [-0.2, -0.15) is 0 Å². The lowest BCUT2D eigenvalue weighted by Gasteiger charge is -2.04. The lowest BCUT2D eigenvalue weighted by Crippen LogP contribution is -2.12. The molecular formula is C9H6N2O5. The minimum atomic E-state index is -0.869. The Morgan fingerprint density at radius 3 is 2.62 bits per heavy atom. The average Bonchev–Trinajstić information content (AvgIpc) is 2.53. The van der Waals surface area contributed by atoms with Gasteiger partial charge in [0.2, 0.25) is 0 Å². The van der Waals surface area contributed by atoms with Gasteiger partial charge < -0.3 is 10.1 Å². The molecule has 7 heteroatoms. The van der Waals surface area contributed by atoms with Gasteiger partial charge in [-0.1, -0.05) is 0 Å². The first kappa shape index (κ1) is 10.1. The van der Waals surface area contributed by atoms with E-state index in [1.165, 1.54) is 19.2 Å². The van der Waals surface area contributed by atoms with Crippen LogP contribution in [0.3, 0.4) is 0 Å². The molecule has 1 aromatic carbocycles. The third-order valence-electron chi connectivity index (χ3n) is 2.23. The maximum absolute atomic E-state index is 11.3. The van der Waals surface area contributed by atoms with Crippen LogP contribution in [0.2, 0.25) is 0 Å². The van der Waals surface area contributed by atoms with Crippen molar-refractivity contribution in [2.24, 2.45) is 0 Å². The van der Waals surface area contributed by atoms with Crippen LogP contribution < -0.4 is 10.1 Å². The van der Waals surface area contributed by atoms with E-state index >= 15 is 0 Å². The molecule has 0 saturated heterocycles. The molecule has 1 aliphatic rings. The molecule has 2 rings (SSSR count). The van der Waals surface area contributed by atoms with Crippen molar-refractivity contribution in [2.45, 2.75) is 0 Å². The molecule has 1 N–H and O–H groups in total. The van der Waals surface area contributed by atoms with Crippen LogP contribution >= 0.6 is 0 Å². The monoisotopic (exact) mass is 222 g/mol. The van der Waals surface area contributed by atoms with Gasteiger partial charge in [0.05, 0.1) is 17.6 Å². The van der Waals surface area contributed by atoms with Crippen molar-refractivity contribution in [3.05, 3.63) is 27.8 Å². The third-order valence-corrected chi connectivity index (χ3v) is 2.23. The number of fused-ring (bicyclic) bond motifs is 1. The van der Waals surface area contributed by atoms with Gasteiger partial charge in [-0.3, -0.25) is 19.7 Å². The molecule has 0 saturated carbocycles. The summed E-state index contributed by atoms with van der Waals surface area (Å²) in [5, 5.41) is 13.0. The molecule has 1 amide bonds. The molecular weight excluding hydrogens is 216 g/mol. The van der Waals surface area contributed by atoms with Gasteiger partial charge in [-0.15, -0.1) is 0 Å². The number of benzene rings is 1. The van der Waals surface area contributed by atoms with Crippen LogP contribution in [0.1, 0.15) is 10.4 Å². The average molecular weight is 222 g/mol. The second-order valence-corrected chi connectivity index (χ2v) is 3.08. The van der Waals surface area contributed by atoms with Crippen molar-refractivity contribution in [1.29, 1.82) is 0 Å². The van der Waals surface area contributed by atoms with Crippen LogP contribution in [-0.2, 0) is 4.79 Å². The van der Waals surface area contributed by atoms with Gasteiger partial charge >= 0.3 is 5.69 Å². The number of amides is 1. The van der Waals surface area contributed by atoms with Crippen molar-refractivity contribution in [3.63, 3.8) is 0 Å². The Morgan fingerprint density at radius 2 is 2.06 bits per heavy atom. The second-order valence-electron chi connectivity index (χ2n) is 3.08. The first-order valence-corrected chi connectivity index (χ1v) is 4.27. The summed E-state index contributed by atoms with van der Waals surface area (Å²) < 4.78 is 4.80. The number of nitro groups is 1. The molecule has 1 heterocycles. The fourth-order valence-electron chi connectivity index (χ4n) is 1.53. The highest BCUT2D eigenvalue weighted by molar-refractivity contribution is 6.52. The highest BCUT2D eigenvalue weighted by atomic mass is 16.6. The van der Waals surface area contributed by atoms with Gasteiger partial charge in [0.25, 0.3) is 11.7 Å². The molecule has 1 aliphatic heterocycles. The molecule has 0 aliphatic carbocycles. The number of carbonyl (C=O) groups excluding carboxylic acids is 2. The van der Waals surface area contributed by atoms with Crippen molar-refractivity contribution in [2.75, 3.05) is 12.4 Å². The minimum Gasteiger partial charge on any atom is -0.490 e. The smallest absolute Gasteiger partial charge is 0.334 e. The van der Waals surface area contributed by atoms with Gasteiger partial charge in [-0.05, 0) is 12.1 Å². The second kappa shape index (κ2) is 3.30. The van der Waals surface area contributed by atoms with E-state index in [-0.39, 0.29) is 17.0 Å². The predicted molar refractivity (Wildman–Crippen MR) is 52.6 cm³/mol. The van der Waals surface area contributed by atoms with Gasteiger partial charge in [-0.25, -0.2) is 0 Å². The number of nitro benzene ring substituents is 1. The zero-order chi connectivity index (χ0) is 11.9. The number of hydrogen-bond donors (Lipinski definition) is 1. The maximum Gasteiger partial charge on any atom is 0.334 e. The Balaban J connectivity index is 2.72. The Bertz CT molecular complexity index is 523. The molecule has 0 fully saturated rings. The summed E-state index contributed by atoms with van der Waals surface area (Å²) in [6, 6.07) is 2.61. The van der Waals surface area contributed by atoms with E-state index < -0.39 is 22.3 Å². The van der Waals surface area contributed by atoms with E-state index in [0.717, 1.165) is 0 Å². The van der Waals surface area contributed by atoms with Crippen molar-refractivity contribution >= 4 is 23.1 Å². The quantitative estimate of drug-likeness (QED) is 0.452. The summed E-state index contributed by atoms with van der Waals surface area (Å²) in [6.07, 6.45) is 0. The highest BCUT2D eigenvalue weighted by Gasteiger charge is 2.36. The minimum absolute atomic E-state index is 0.00116. The summed E-state index contributed by atoms with van der Waals surface area (Å²) >= 11 is 0. The van der Waals surface area contributed by atoms with Crippen molar-refractivity contribution < 1.29 is 19.2 Å². The topological polar surface area (TPSA) is 98.5 Å². The summed E-state index contributed by atoms with van der Waals surface area (Å²) in [7, 11) is 1.27. The molecule has 7 nitrogen and oxygen atoms in total. The van der Waals surface area contributed by atoms with Crippen LogP contribution in [0.15, 0.2) is 12.1 Å². The van der Waals surface area contributed by atoms with Crippen LogP contribution in [-0.4, -0.2) is 23.7 Å². The number of carbonyl (C=O) groups is 2. The first-order chi connectivity index (χ1) is 7.56. The largest absolute Gasteiger partial charge is 0.490 e. The van der Waals surface area contributed by atoms with Crippen molar-refractivity contribution in [1.82, 2.24) is 0 Å². The van der Waals surface area contributed by atoms with Crippen LogP contribution in [0.4, 0.5) is 11.4 Å². The summed E-state index contributed by atoms with van der Waals surface area (Å²) in [5.41, 5.74) is -0.504. The van der Waals surface area contributed by atoms with Gasteiger partial charge in [0, 0.05) is 0 Å². The number of ketones is 1. The summed E-state index contributed by atoms with van der Waals surface area (Å²) in [5.74, 6) is -1.65. The number of nitrogens with one attached hydrogen (secondary N) is 1. The molecule has 0 unspecified atom stereocenters. The zero-order valence-electron chi connectivity index (χ0n) is 8.14. The number of methoxy groups -OCH3 is 1. The first-order valence-electron chi connectivity index (χ1n) is 4.27. The lowest BCUT2D eigenvalue weighted by atomic mass is 10.1. The summed E-state index contributed by atoms with van der Waals surface area (Å²) in [6.45, 7) is 0. The van der Waals surface area contributed by atoms with Crippen LogP contribution in [0, 0.1) is 10.1 Å². The molecule has 0 atom stereocenters. The number of Topliss-reactive ketones (excluding diaryl/α,β-unsaturated/α-hetero) is 1. The SMILES string of the molecule is COc1ccc2c(c1[N+](=O)[O-])NC(=O)C2=O. The molecule has 0 bridgehead atoms. The van der Waals surface area contributed by atoms with E-state index in [9.17, 15) is 19.7 Å². The Hall–Kier alpha value is -2.44. The molecule has 1 aromatic rings. The molecule has 0 spiro atoms. The van der Waals surface area contributed by atoms with E-state index in [0.29, 0.717) is 0 Å². The normalized spacial score (nSPS) is 13.3. The molecule has 82 valence electrons. The van der Waals surface area contributed by atoms with Gasteiger partial charge in [0.1, 0.15) is 5.69 Å². The third kappa shape index (κ3) is 1.22. The van der Waals surface area contributed by atoms with Gasteiger partial charge in [0.15, 0.2) is 5.75 Å². The van der Waals surface area contributed by atoms with Crippen LogP contribution in [0.5, 0.6) is 5.75 Å². The lowest BCUT2D eigenvalue weighted by molar-refractivity contribution is -0.384. The number of anilines is 1. The van der Waals surface area contributed by atoms with E-state index in [1.807, 2.05) is 0 Å². The fraction of sp³-hybridized carbons (Fsp3) is 0.111. The van der Waals surface area contributed by atoms with E-state index in [1.54, 1.807) is 0 Å². The number of hydrogen-bond acceptors (Lipinski definition) is 5. The van der Waals surface area contributed by atoms with Crippen molar-refractivity contribution in [3.8, 4) is 5.75 Å². The molecule has 0 aromatic heterocycles. The standard InChI is InChI=1S/C9H6N2O5/c1-16-5-3-2-4-6(7(5)11(14)15)10-9(13)8(4)12/h2-3H,1H3,(H,10,12,13). The van der Waals surface area contributed by atoms with E-state index in [4.69, 9.17) is 4.74 Å². The Kier molecular flexibility index (Phi) is 2.08. The summed E-state index contributed by atoms with van der Waals surface area (Å²) in [4.78, 5) is 32.5.